The van der Waals surface area contributed by atoms with Crippen molar-refractivity contribution in [2.45, 2.75) is 32.1 Å². The van der Waals surface area contributed by atoms with Crippen molar-refractivity contribution in [3.8, 4) is 11.5 Å². The van der Waals surface area contributed by atoms with Crippen LogP contribution in [0.15, 0.2) is 18.2 Å². The summed E-state index contributed by atoms with van der Waals surface area (Å²) in [5, 5.41) is -0.452. The molecule has 5 nitrogen and oxygen atoms in total. The molecule has 0 fully saturated rings. The fraction of sp³-hybridized carbons (Fsp3) is 0.538. The highest BCUT2D eigenvalue weighted by molar-refractivity contribution is 7.90. The van der Waals surface area contributed by atoms with Gasteiger partial charge in [0.1, 0.15) is 13.2 Å². The Kier molecular flexibility index (Phi) is 4.01. The van der Waals surface area contributed by atoms with Gasteiger partial charge in [0.25, 0.3) is 0 Å². The fourth-order valence-electron chi connectivity index (χ4n) is 1.78. The number of fused-ring (bicyclic) bond motifs is 1. The zero-order chi connectivity index (χ0) is 14.0. The first-order valence-corrected chi connectivity index (χ1v) is 7.85. The minimum absolute atomic E-state index is 0.303. The number of rotatable bonds is 4. The van der Waals surface area contributed by atoms with E-state index in [9.17, 15) is 8.42 Å². The molecule has 0 radical (unpaired) electrons. The van der Waals surface area contributed by atoms with Crippen LogP contribution < -0.4 is 14.2 Å². The Balaban J connectivity index is 2.18. The fourth-order valence-corrected chi connectivity index (χ4v) is 2.68. The lowest BCUT2D eigenvalue weighted by molar-refractivity contribution is 0.171. The molecule has 1 N–H and O–H groups in total. The lowest BCUT2D eigenvalue weighted by Crippen LogP contribution is -2.32. The first-order valence-electron chi connectivity index (χ1n) is 6.31. The summed E-state index contributed by atoms with van der Waals surface area (Å²) in [6.45, 7) is 6.17. The van der Waals surface area contributed by atoms with E-state index in [4.69, 9.17) is 9.47 Å². The molecule has 6 heteroatoms. The van der Waals surface area contributed by atoms with E-state index in [2.05, 4.69) is 4.72 Å². The van der Waals surface area contributed by atoms with Crippen LogP contribution in [0.25, 0.3) is 0 Å². The van der Waals surface area contributed by atoms with Crippen molar-refractivity contribution < 1.29 is 17.9 Å². The van der Waals surface area contributed by atoms with E-state index in [1.165, 1.54) is 0 Å². The van der Waals surface area contributed by atoms with Crippen LogP contribution in [-0.4, -0.2) is 26.9 Å². The van der Waals surface area contributed by atoms with Gasteiger partial charge in [-0.3, -0.25) is 0 Å². The summed E-state index contributed by atoms with van der Waals surface area (Å²) in [6.07, 6.45) is 0. The van der Waals surface area contributed by atoms with Crippen LogP contribution in [0, 0.1) is 0 Å². The van der Waals surface area contributed by atoms with Crippen molar-refractivity contribution in [2.75, 3.05) is 13.2 Å². The smallest absolute Gasteiger partial charge is 0.214 e. The second kappa shape index (κ2) is 5.38. The SMILES string of the molecule is CC(NS(=O)(=O)C(C)C)c1ccc2c(c1)OCCO2. The average Bonchev–Trinajstić information content (AvgIpc) is 2.37. The standard InChI is InChI=1S/C13H19NO4S/c1-9(2)19(15,16)14-10(3)11-4-5-12-13(8-11)18-7-6-17-12/h4-5,8-10,14H,6-7H2,1-3H3. The Morgan fingerprint density at radius 2 is 1.74 bits per heavy atom. The van der Waals surface area contributed by atoms with E-state index < -0.39 is 15.3 Å². The van der Waals surface area contributed by atoms with Crippen LogP contribution in [0.2, 0.25) is 0 Å². The molecule has 0 aromatic heterocycles. The molecule has 0 spiro atoms. The highest BCUT2D eigenvalue weighted by Gasteiger charge is 2.21. The van der Waals surface area contributed by atoms with E-state index in [1.807, 2.05) is 25.1 Å². The van der Waals surface area contributed by atoms with Crippen LogP contribution in [-0.2, 0) is 10.0 Å². The largest absolute Gasteiger partial charge is 0.486 e. The molecule has 1 aliphatic rings. The molecule has 0 bridgehead atoms. The van der Waals surface area contributed by atoms with Gasteiger partial charge in [-0.1, -0.05) is 6.07 Å². The van der Waals surface area contributed by atoms with Gasteiger partial charge >= 0.3 is 0 Å². The molecule has 1 aromatic carbocycles. The quantitative estimate of drug-likeness (QED) is 0.917. The van der Waals surface area contributed by atoms with Gasteiger partial charge < -0.3 is 9.47 Å². The zero-order valence-electron chi connectivity index (χ0n) is 11.3. The van der Waals surface area contributed by atoms with Crippen molar-refractivity contribution in [2.24, 2.45) is 0 Å². The third-order valence-corrected chi connectivity index (χ3v) is 4.95. The first-order chi connectivity index (χ1) is 8.90. The maximum atomic E-state index is 11.8. The molecule has 0 aliphatic carbocycles. The molecular formula is C13H19NO4S. The van der Waals surface area contributed by atoms with E-state index in [1.54, 1.807) is 13.8 Å². The molecule has 0 amide bonds. The van der Waals surface area contributed by atoms with Gasteiger partial charge in [0, 0.05) is 6.04 Å². The van der Waals surface area contributed by atoms with Gasteiger partial charge in [-0.25, -0.2) is 13.1 Å². The minimum atomic E-state index is -3.29. The predicted molar refractivity (Wildman–Crippen MR) is 73.0 cm³/mol. The molecule has 1 aromatic rings. The third-order valence-electron chi connectivity index (χ3n) is 3.03. The second-order valence-electron chi connectivity index (χ2n) is 4.84. The highest BCUT2D eigenvalue weighted by atomic mass is 32.2. The minimum Gasteiger partial charge on any atom is -0.486 e. The van der Waals surface area contributed by atoms with Gasteiger partial charge in [0.05, 0.1) is 5.25 Å². The Hall–Kier alpha value is -1.27. The molecule has 0 saturated heterocycles. The van der Waals surface area contributed by atoms with E-state index in [0.717, 1.165) is 5.56 Å². The van der Waals surface area contributed by atoms with Crippen molar-refractivity contribution in [3.63, 3.8) is 0 Å². The summed E-state index contributed by atoms with van der Waals surface area (Å²) < 4.78 is 37.2. The molecule has 1 heterocycles. The topological polar surface area (TPSA) is 64.6 Å². The molecule has 106 valence electrons. The predicted octanol–water partition coefficient (Wildman–Crippen LogP) is 1.85. The molecule has 2 rings (SSSR count). The number of nitrogens with one attached hydrogen (secondary N) is 1. The van der Waals surface area contributed by atoms with Crippen LogP contribution in [0.4, 0.5) is 0 Å². The summed E-state index contributed by atoms with van der Waals surface area (Å²) >= 11 is 0. The van der Waals surface area contributed by atoms with Crippen molar-refractivity contribution in [1.82, 2.24) is 4.72 Å². The number of hydrogen-bond acceptors (Lipinski definition) is 4. The van der Waals surface area contributed by atoms with Crippen LogP contribution in [0.3, 0.4) is 0 Å². The molecule has 1 unspecified atom stereocenters. The van der Waals surface area contributed by atoms with Gasteiger partial charge in [0.2, 0.25) is 10.0 Å². The zero-order valence-corrected chi connectivity index (χ0v) is 12.2. The summed E-state index contributed by atoms with van der Waals surface area (Å²) in [6, 6.07) is 5.18. The third kappa shape index (κ3) is 3.19. The van der Waals surface area contributed by atoms with E-state index >= 15 is 0 Å². The Bertz CT molecular complexity index is 554. The lowest BCUT2D eigenvalue weighted by Gasteiger charge is -2.21. The van der Waals surface area contributed by atoms with Gasteiger partial charge in [-0.2, -0.15) is 0 Å². The molecule has 19 heavy (non-hydrogen) atoms. The monoisotopic (exact) mass is 285 g/mol. The Morgan fingerprint density at radius 3 is 2.37 bits per heavy atom. The maximum absolute atomic E-state index is 11.8. The summed E-state index contributed by atoms with van der Waals surface area (Å²) in [7, 11) is -3.29. The first kappa shape index (κ1) is 14.1. The highest BCUT2D eigenvalue weighted by Crippen LogP contribution is 2.32. The second-order valence-corrected chi connectivity index (χ2v) is 7.10. The number of benzene rings is 1. The van der Waals surface area contributed by atoms with E-state index in [0.29, 0.717) is 24.7 Å². The summed E-state index contributed by atoms with van der Waals surface area (Å²) in [4.78, 5) is 0. The average molecular weight is 285 g/mol. The van der Waals surface area contributed by atoms with Crippen molar-refractivity contribution >= 4 is 10.0 Å². The van der Waals surface area contributed by atoms with E-state index in [-0.39, 0.29) is 6.04 Å². The Labute approximate surface area is 114 Å². The molecule has 1 atom stereocenters. The number of ether oxygens (including phenoxy) is 2. The summed E-state index contributed by atoms with van der Waals surface area (Å²) in [5.74, 6) is 1.37. The van der Waals surface area contributed by atoms with Gasteiger partial charge in [-0.05, 0) is 38.5 Å². The van der Waals surface area contributed by atoms with Gasteiger partial charge in [-0.15, -0.1) is 0 Å². The lowest BCUT2D eigenvalue weighted by atomic mass is 10.1. The Morgan fingerprint density at radius 1 is 1.11 bits per heavy atom. The molecule has 0 saturated carbocycles. The number of sulfonamides is 1. The van der Waals surface area contributed by atoms with Crippen molar-refractivity contribution in [3.05, 3.63) is 23.8 Å². The van der Waals surface area contributed by atoms with Crippen molar-refractivity contribution in [1.29, 1.82) is 0 Å². The van der Waals surface area contributed by atoms with Crippen LogP contribution in [0.1, 0.15) is 32.4 Å². The van der Waals surface area contributed by atoms with Gasteiger partial charge in [0.15, 0.2) is 11.5 Å². The maximum Gasteiger partial charge on any atom is 0.214 e. The summed E-state index contributed by atoms with van der Waals surface area (Å²) in [5.41, 5.74) is 0.855. The van der Waals surface area contributed by atoms with Crippen LogP contribution >= 0.6 is 0 Å². The van der Waals surface area contributed by atoms with Crippen LogP contribution in [0.5, 0.6) is 11.5 Å². The number of hydrogen-bond donors (Lipinski definition) is 1. The molecule has 1 aliphatic heterocycles. The normalized spacial score (nSPS) is 16.4. The molecular weight excluding hydrogens is 266 g/mol.